The third-order valence-corrected chi connectivity index (χ3v) is 8.55. The summed E-state index contributed by atoms with van der Waals surface area (Å²) >= 11 is 7.84. The van der Waals surface area contributed by atoms with Gasteiger partial charge in [0.25, 0.3) is 5.91 Å². The number of fused-ring (bicyclic) bond motifs is 1. The van der Waals surface area contributed by atoms with Crippen molar-refractivity contribution >= 4 is 48.8 Å². The number of carbonyl (C=O) groups is 1. The van der Waals surface area contributed by atoms with Gasteiger partial charge >= 0.3 is 0 Å². The second-order valence-electron chi connectivity index (χ2n) is 7.36. The van der Waals surface area contributed by atoms with Crippen LogP contribution in [0.4, 0.5) is 4.39 Å². The molecule has 1 aliphatic rings. The van der Waals surface area contributed by atoms with Gasteiger partial charge in [-0.05, 0) is 42.7 Å². The van der Waals surface area contributed by atoms with Crippen molar-refractivity contribution in [3.05, 3.63) is 69.3 Å². The van der Waals surface area contributed by atoms with E-state index in [1.165, 1.54) is 23.5 Å². The second kappa shape index (κ2) is 7.70. The third kappa shape index (κ3) is 4.17. The van der Waals surface area contributed by atoms with Crippen LogP contribution < -0.4 is 0 Å². The summed E-state index contributed by atoms with van der Waals surface area (Å²) in [5.41, 5.74) is 1.80. The van der Waals surface area contributed by atoms with Crippen molar-refractivity contribution < 1.29 is 17.6 Å². The van der Waals surface area contributed by atoms with E-state index >= 15 is 0 Å². The van der Waals surface area contributed by atoms with E-state index in [1.54, 1.807) is 17.0 Å². The lowest BCUT2D eigenvalue weighted by molar-refractivity contribution is 0.0686. The molecule has 1 saturated heterocycles. The molecule has 3 aromatic rings. The SMILES string of the molecule is Cc1ccc2c(Cl)c(C(=O)N(Cc3ccc(F)cc3)[C@H]3CCS(=O)(=O)C3)sc2c1. The Balaban J connectivity index is 1.73. The molecule has 0 unspecified atom stereocenters. The molecule has 0 saturated carbocycles. The summed E-state index contributed by atoms with van der Waals surface area (Å²) in [6.45, 7) is 2.17. The van der Waals surface area contributed by atoms with Gasteiger partial charge in [0.1, 0.15) is 10.7 Å². The zero-order valence-corrected chi connectivity index (χ0v) is 18.1. The molecule has 29 heavy (non-hydrogen) atoms. The second-order valence-corrected chi connectivity index (χ2v) is 11.0. The highest BCUT2D eigenvalue weighted by molar-refractivity contribution is 7.91. The average Bonchev–Trinajstić information content (AvgIpc) is 3.19. The molecule has 0 N–H and O–H groups in total. The molecule has 0 bridgehead atoms. The number of amides is 1. The fraction of sp³-hybridized carbons (Fsp3) is 0.286. The molecule has 1 aromatic heterocycles. The van der Waals surface area contributed by atoms with Gasteiger partial charge in [0.2, 0.25) is 0 Å². The molecule has 1 atom stereocenters. The van der Waals surface area contributed by atoms with Gasteiger partial charge in [-0.2, -0.15) is 0 Å². The number of thiophene rings is 1. The first-order valence-electron chi connectivity index (χ1n) is 9.18. The summed E-state index contributed by atoms with van der Waals surface area (Å²) in [4.78, 5) is 15.4. The largest absolute Gasteiger partial charge is 0.330 e. The first-order valence-corrected chi connectivity index (χ1v) is 12.2. The van der Waals surface area contributed by atoms with E-state index in [0.29, 0.717) is 16.3 Å². The number of hydrogen-bond acceptors (Lipinski definition) is 4. The van der Waals surface area contributed by atoms with E-state index in [9.17, 15) is 17.6 Å². The Hall–Kier alpha value is -1.96. The van der Waals surface area contributed by atoms with Crippen LogP contribution in [0.3, 0.4) is 0 Å². The van der Waals surface area contributed by atoms with Gasteiger partial charge in [-0.3, -0.25) is 4.79 Å². The molecule has 152 valence electrons. The van der Waals surface area contributed by atoms with E-state index in [4.69, 9.17) is 11.6 Å². The first-order chi connectivity index (χ1) is 13.7. The highest BCUT2D eigenvalue weighted by Gasteiger charge is 2.36. The Labute approximate surface area is 177 Å². The van der Waals surface area contributed by atoms with E-state index in [-0.39, 0.29) is 29.8 Å². The average molecular weight is 452 g/mol. The highest BCUT2D eigenvalue weighted by atomic mass is 35.5. The first kappa shape index (κ1) is 20.3. The Morgan fingerprint density at radius 3 is 2.62 bits per heavy atom. The van der Waals surface area contributed by atoms with Gasteiger partial charge < -0.3 is 4.90 Å². The predicted octanol–water partition coefficient (Wildman–Crippen LogP) is 4.83. The Kier molecular flexibility index (Phi) is 5.40. The van der Waals surface area contributed by atoms with E-state index in [1.807, 2.05) is 25.1 Å². The summed E-state index contributed by atoms with van der Waals surface area (Å²) in [5, 5.41) is 1.20. The van der Waals surface area contributed by atoms with Crippen LogP contribution >= 0.6 is 22.9 Å². The van der Waals surface area contributed by atoms with Crippen LogP contribution in [0, 0.1) is 12.7 Å². The summed E-state index contributed by atoms with van der Waals surface area (Å²) < 4.78 is 38.3. The standard InChI is InChI=1S/C21H19ClFNO3S2/c1-13-2-7-17-18(10-13)28-20(19(17)22)21(25)24(16-8-9-29(26,27)12-16)11-14-3-5-15(23)6-4-14/h2-7,10,16H,8-9,11-12H2,1H3/t16-/m0/s1. The number of rotatable bonds is 4. The maximum absolute atomic E-state index is 13.5. The van der Waals surface area contributed by atoms with Crippen LogP contribution in [0.2, 0.25) is 5.02 Å². The smallest absolute Gasteiger partial charge is 0.266 e. The number of benzene rings is 2. The molecule has 4 rings (SSSR count). The summed E-state index contributed by atoms with van der Waals surface area (Å²) in [5.74, 6) is -0.663. The molecule has 0 spiro atoms. The maximum atomic E-state index is 13.5. The molecule has 4 nitrogen and oxygen atoms in total. The van der Waals surface area contributed by atoms with Gasteiger partial charge in [-0.25, -0.2) is 12.8 Å². The minimum atomic E-state index is -3.18. The summed E-state index contributed by atoms with van der Waals surface area (Å²) in [7, 11) is -3.18. The normalized spacial score (nSPS) is 18.2. The van der Waals surface area contributed by atoms with Crippen LogP contribution in [0.5, 0.6) is 0 Å². The van der Waals surface area contributed by atoms with Gasteiger partial charge in [0.15, 0.2) is 9.84 Å². The molecular weight excluding hydrogens is 433 g/mol. The number of halogens is 2. The Bertz CT molecular complexity index is 1190. The molecule has 2 heterocycles. The fourth-order valence-corrected chi connectivity index (χ4v) is 6.91. The van der Waals surface area contributed by atoms with Gasteiger partial charge in [-0.15, -0.1) is 11.3 Å². The summed E-state index contributed by atoms with van der Waals surface area (Å²) in [6, 6.07) is 11.3. The highest BCUT2D eigenvalue weighted by Crippen LogP contribution is 2.37. The Morgan fingerprint density at radius 2 is 1.97 bits per heavy atom. The number of carbonyl (C=O) groups excluding carboxylic acids is 1. The lowest BCUT2D eigenvalue weighted by Gasteiger charge is -2.28. The van der Waals surface area contributed by atoms with E-state index < -0.39 is 15.9 Å². The van der Waals surface area contributed by atoms with Crippen molar-refractivity contribution in [1.82, 2.24) is 4.90 Å². The molecule has 8 heteroatoms. The van der Waals surface area contributed by atoms with Crippen molar-refractivity contribution in [1.29, 1.82) is 0 Å². The zero-order valence-electron chi connectivity index (χ0n) is 15.7. The summed E-state index contributed by atoms with van der Waals surface area (Å²) in [6.07, 6.45) is 0.386. The van der Waals surface area contributed by atoms with Crippen LogP contribution in [-0.4, -0.2) is 36.8 Å². The molecular formula is C21H19ClFNO3S2. The van der Waals surface area contributed by atoms with Crippen molar-refractivity contribution in [3.63, 3.8) is 0 Å². The van der Waals surface area contributed by atoms with Gasteiger partial charge in [0.05, 0.1) is 16.5 Å². The number of aryl methyl sites for hydroxylation is 1. The maximum Gasteiger partial charge on any atom is 0.266 e. The van der Waals surface area contributed by atoms with Gasteiger partial charge in [0, 0.05) is 22.7 Å². The molecule has 0 aliphatic carbocycles. The number of hydrogen-bond donors (Lipinski definition) is 0. The lowest BCUT2D eigenvalue weighted by Crippen LogP contribution is -2.40. The Morgan fingerprint density at radius 1 is 1.24 bits per heavy atom. The van der Waals surface area contributed by atoms with E-state index in [0.717, 1.165) is 21.2 Å². The minimum Gasteiger partial charge on any atom is -0.330 e. The third-order valence-electron chi connectivity index (χ3n) is 5.16. The molecule has 0 radical (unpaired) electrons. The quantitative estimate of drug-likeness (QED) is 0.570. The number of sulfone groups is 1. The molecule has 1 amide bonds. The monoisotopic (exact) mass is 451 g/mol. The lowest BCUT2D eigenvalue weighted by atomic mass is 10.1. The van der Waals surface area contributed by atoms with Crippen molar-refractivity contribution in [2.45, 2.75) is 25.9 Å². The zero-order chi connectivity index (χ0) is 20.8. The van der Waals surface area contributed by atoms with Crippen LogP contribution in [-0.2, 0) is 16.4 Å². The number of nitrogens with zero attached hydrogens (tertiary/aromatic N) is 1. The van der Waals surface area contributed by atoms with Crippen molar-refractivity contribution in [2.75, 3.05) is 11.5 Å². The predicted molar refractivity (Wildman–Crippen MR) is 115 cm³/mol. The molecule has 2 aromatic carbocycles. The van der Waals surface area contributed by atoms with Crippen molar-refractivity contribution in [2.24, 2.45) is 0 Å². The molecule has 1 fully saturated rings. The van der Waals surface area contributed by atoms with Crippen LogP contribution in [0.25, 0.3) is 10.1 Å². The molecule has 1 aliphatic heterocycles. The fourth-order valence-electron chi connectivity index (χ4n) is 3.61. The van der Waals surface area contributed by atoms with E-state index in [2.05, 4.69) is 0 Å². The van der Waals surface area contributed by atoms with Gasteiger partial charge in [-0.1, -0.05) is 35.9 Å². The van der Waals surface area contributed by atoms with Crippen LogP contribution in [0.15, 0.2) is 42.5 Å². The van der Waals surface area contributed by atoms with Crippen LogP contribution in [0.1, 0.15) is 27.2 Å². The minimum absolute atomic E-state index is 0.0597. The van der Waals surface area contributed by atoms with Crippen molar-refractivity contribution in [3.8, 4) is 0 Å². The topological polar surface area (TPSA) is 54.5 Å².